The third-order valence-corrected chi connectivity index (χ3v) is 5.47. The van der Waals surface area contributed by atoms with Crippen molar-refractivity contribution < 1.29 is 5.11 Å². The second-order valence-corrected chi connectivity index (χ2v) is 6.71. The Morgan fingerprint density at radius 3 is 2.63 bits per heavy atom. The van der Waals surface area contributed by atoms with E-state index in [1.54, 1.807) is 0 Å². The molecule has 2 aromatic rings. The average Bonchev–Trinajstić information content (AvgIpc) is 2.94. The maximum absolute atomic E-state index is 10.5. The number of fused-ring (bicyclic) bond motifs is 1. The van der Waals surface area contributed by atoms with E-state index in [9.17, 15) is 5.11 Å². The highest BCUT2D eigenvalue weighted by Gasteiger charge is 2.19. The van der Waals surface area contributed by atoms with E-state index in [1.807, 2.05) is 11.3 Å². The zero-order valence-electron chi connectivity index (χ0n) is 11.6. The van der Waals surface area contributed by atoms with E-state index in [0.717, 1.165) is 11.3 Å². The fraction of sp³-hybridized carbons (Fsp3) is 0.412. The number of thiophene rings is 1. The van der Waals surface area contributed by atoms with Crippen molar-refractivity contribution in [2.45, 2.75) is 45.6 Å². The summed E-state index contributed by atoms with van der Waals surface area (Å²) < 4.78 is 0. The van der Waals surface area contributed by atoms with Crippen LogP contribution in [0.2, 0.25) is 0 Å². The van der Waals surface area contributed by atoms with Gasteiger partial charge in [0.25, 0.3) is 0 Å². The van der Waals surface area contributed by atoms with Crippen molar-refractivity contribution in [2.75, 3.05) is 0 Å². The Bertz CT molecular complexity index is 556. The molecule has 0 amide bonds. The SMILES string of the molecule is Cc1cccc(C)c1CC(O)c1cc2c(s1)CCC2. The van der Waals surface area contributed by atoms with Gasteiger partial charge in [0.05, 0.1) is 6.10 Å². The molecule has 0 bridgehead atoms. The molecule has 1 aromatic carbocycles. The Kier molecular flexibility index (Phi) is 3.46. The molecule has 0 spiro atoms. The highest BCUT2D eigenvalue weighted by Crippen LogP contribution is 2.35. The monoisotopic (exact) mass is 272 g/mol. The van der Waals surface area contributed by atoms with Crippen LogP contribution in [-0.4, -0.2) is 5.11 Å². The molecule has 1 nitrogen and oxygen atoms in total. The van der Waals surface area contributed by atoms with Crippen LogP contribution in [0, 0.1) is 13.8 Å². The van der Waals surface area contributed by atoms with Crippen LogP contribution in [0.1, 0.15) is 44.5 Å². The summed E-state index contributed by atoms with van der Waals surface area (Å²) in [4.78, 5) is 2.64. The Labute approximate surface area is 118 Å². The average molecular weight is 272 g/mol. The number of hydrogen-bond donors (Lipinski definition) is 1. The lowest BCUT2D eigenvalue weighted by molar-refractivity contribution is 0.182. The van der Waals surface area contributed by atoms with Crippen LogP contribution in [0.3, 0.4) is 0 Å². The zero-order valence-corrected chi connectivity index (χ0v) is 12.4. The lowest BCUT2D eigenvalue weighted by atomic mass is 9.97. The number of aliphatic hydroxyl groups is 1. The van der Waals surface area contributed by atoms with Gasteiger partial charge in [-0.1, -0.05) is 18.2 Å². The minimum atomic E-state index is -0.351. The van der Waals surface area contributed by atoms with Crippen LogP contribution in [-0.2, 0) is 19.3 Å². The third-order valence-electron chi connectivity index (χ3n) is 4.14. The fourth-order valence-electron chi connectivity index (χ4n) is 2.98. The largest absolute Gasteiger partial charge is 0.387 e. The van der Waals surface area contributed by atoms with Gasteiger partial charge in [0.15, 0.2) is 0 Å². The molecule has 0 radical (unpaired) electrons. The number of aliphatic hydroxyl groups excluding tert-OH is 1. The van der Waals surface area contributed by atoms with Crippen LogP contribution in [0.25, 0.3) is 0 Å². The van der Waals surface area contributed by atoms with Crippen molar-refractivity contribution in [3.05, 3.63) is 56.3 Å². The second kappa shape index (κ2) is 5.10. The maximum Gasteiger partial charge on any atom is 0.0922 e. The normalized spacial score (nSPS) is 15.5. The van der Waals surface area contributed by atoms with Crippen molar-refractivity contribution in [1.29, 1.82) is 0 Å². The summed E-state index contributed by atoms with van der Waals surface area (Å²) in [5.41, 5.74) is 5.33. The molecule has 0 aliphatic heterocycles. The van der Waals surface area contributed by atoms with E-state index < -0.39 is 0 Å². The lowest BCUT2D eigenvalue weighted by Crippen LogP contribution is -2.03. The highest BCUT2D eigenvalue weighted by molar-refractivity contribution is 7.12. The molecule has 0 fully saturated rings. The first-order valence-corrected chi connectivity index (χ1v) is 7.81. The van der Waals surface area contributed by atoms with Gasteiger partial charge < -0.3 is 5.11 Å². The van der Waals surface area contributed by atoms with E-state index in [2.05, 4.69) is 38.1 Å². The maximum atomic E-state index is 10.5. The molecule has 2 heteroatoms. The fourth-order valence-corrected chi connectivity index (χ4v) is 4.22. The molecule has 1 atom stereocenters. The first-order valence-electron chi connectivity index (χ1n) is 7.00. The third kappa shape index (κ3) is 2.47. The van der Waals surface area contributed by atoms with Crippen LogP contribution >= 0.6 is 11.3 Å². The molecular formula is C17H20OS. The van der Waals surface area contributed by atoms with Crippen molar-refractivity contribution in [1.82, 2.24) is 0 Å². The topological polar surface area (TPSA) is 20.2 Å². The van der Waals surface area contributed by atoms with Crippen molar-refractivity contribution in [3.63, 3.8) is 0 Å². The second-order valence-electron chi connectivity index (χ2n) is 5.54. The van der Waals surface area contributed by atoms with Gasteiger partial charge in [-0.15, -0.1) is 11.3 Å². The van der Waals surface area contributed by atoms with Gasteiger partial charge in [-0.25, -0.2) is 0 Å². The summed E-state index contributed by atoms with van der Waals surface area (Å²) in [6.45, 7) is 4.26. The van der Waals surface area contributed by atoms with Gasteiger partial charge in [0, 0.05) is 16.2 Å². The standard InChI is InChI=1S/C17H20OS/c1-11-5-3-6-12(2)14(11)10-15(18)17-9-13-7-4-8-16(13)19-17/h3,5-6,9,15,18H,4,7-8,10H2,1-2H3. The molecule has 1 aliphatic rings. The summed E-state index contributed by atoms with van der Waals surface area (Å²) in [6, 6.07) is 8.57. The van der Waals surface area contributed by atoms with Crippen LogP contribution in [0.5, 0.6) is 0 Å². The molecule has 19 heavy (non-hydrogen) atoms. The van der Waals surface area contributed by atoms with Gasteiger partial charge in [0.2, 0.25) is 0 Å². The van der Waals surface area contributed by atoms with Gasteiger partial charge in [-0.05, 0) is 61.4 Å². The summed E-state index contributed by atoms with van der Waals surface area (Å²) in [5.74, 6) is 0. The molecule has 1 aromatic heterocycles. The van der Waals surface area contributed by atoms with Gasteiger partial charge in [-0.3, -0.25) is 0 Å². The predicted molar refractivity (Wildman–Crippen MR) is 80.9 cm³/mol. The van der Waals surface area contributed by atoms with Crippen molar-refractivity contribution in [3.8, 4) is 0 Å². The first kappa shape index (κ1) is 12.9. The number of rotatable bonds is 3. The smallest absolute Gasteiger partial charge is 0.0922 e. The van der Waals surface area contributed by atoms with Crippen LogP contribution in [0.4, 0.5) is 0 Å². The molecule has 3 rings (SSSR count). The van der Waals surface area contributed by atoms with Gasteiger partial charge in [-0.2, -0.15) is 0 Å². The summed E-state index contributed by atoms with van der Waals surface area (Å²) in [5, 5.41) is 10.5. The van der Waals surface area contributed by atoms with E-state index >= 15 is 0 Å². The lowest BCUT2D eigenvalue weighted by Gasteiger charge is -2.13. The van der Waals surface area contributed by atoms with E-state index in [4.69, 9.17) is 0 Å². The summed E-state index contributed by atoms with van der Waals surface area (Å²) >= 11 is 1.81. The predicted octanol–water partition coefficient (Wildman–Crippen LogP) is 4.13. The molecule has 100 valence electrons. The minimum Gasteiger partial charge on any atom is -0.387 e. The highest BCUT2D eigenvalue weighted by atomic mass is 32.1. The summed E-state index contributed by atoms with van der Waals surface area (Å²) in [7, 11) is 0. The minimum absolute atomic E-state index is 0.351. The number of hydrogen-bond acceptors (Lipinski definition) is 2. The van der Waals surface area contributed by atoms with Crippen molar-refractivity contribution in [2.24, 2.45) is 0 Å². The Morgan fingerprint density at radius 1 is 1.21 bits per heavy atom. The van der Waals surface area contributed by atoms with E-state index in [-0.39, 0.29) is 6.10 Å². The Morgan fingerprint density at radius 2 is 1.95 bits per heavy atom. The number of benzene rings is 1. The van der Waals surface area contributed by atoms with E-state index in [0.29, 0.717) is 0 Å². The zero-order chi connectivity index (χ0) is 13.4. The molecular weight excluding hydrogens is 252 g/mol. The van der Waals surface area contributed by atoms with Crippen LogP contribution < -0.4 is 0 Å². The van der Waals surface area contributed by atoms with Gasteiger partial charge >= 0.3 is 0 Å². The Hall–Kier alpha value is -1.12. The van der Waals surface area contributed by atoms with Crippen LogP contribution in [0.15, 0.2) is 24.3 Å². The Balaban J connectivity index is 1.82. The van der Waals surface area contributed by atoms with E-state index in [1.165, 1.54) is 46.4 Å². The quantitative estimate of drug-likeness (QED) is 0.890. The van der Waals surface area contributed by atoms with Gasteiger partial charge in [0.1, 0.15) is 0 Å². The molecule has 0 saturated heterocycles. The molecule has 1 aliphatic carbocycles. The summed E-state index contributed by atoms with van der Waals surface area (Å²) in [6.07, 6.45) is 4.07. The number of aryl methyl sites for hydroxylation is 4. The molecule has 1 heterocycles. The molecule has 1 N–H and O–H groups in total. The molecule has 0 saturated carbocycles. The first-order chi connectivity index (χ1) is 9.15. The van der Waals surface area contributed by atoms with Crippen molar-refractivity contribution >= 4 is 11.3 Å². The molecule has 1 unspecified atom stereocenters.